The first-order valence-electron chi connectivity index (χ1n) is 7.27. The topological polar surface area (TPSA) is 80.0 Å². The van der Waals surface area contributed by atoms with Crippen molar-refractivity contribution in [2.24, 2.45) is 0 Å². The van der Waals surface area contributed by atoms with Crippen LogP contribution in [0.4, 0.5) is 11.4 Å². The molecule has 1 fully saturated rings. The lowest BCUT2D eigenvalue weighted by atomic mass is 10.1. The van der Waals surface area contributed by atoms with E-state index in [0.29, 0.717) is 11.7 Å². The van der Waals surface area contributed by atoms with Gasteiger partial charge >= 0.3 is 0 Å². The van der Waals surface area contributed by atoms with E-state index < -0.39 is 0 Å². The first-order valence-corrected chi connectivity index (χ1v) is 7.27. The molecule has 1 saturated carbocycles. The smallest absolute Gasteiger partial charge is 0.242 e. The molecule has 2 aromatic rings. The standard InChI is InChI=1S/C16H20N4O/c1-9-7-15(13-8-11(17)3-6-14(13)18-9)19-10(2)16(21)20-12-4-5-12/h3,6-8,10,12H,4-5,17H2,1-2H3,(H,18,19)(H,20,21). The Hall–Kier alpha value is -2.30. The number of benzene rings is 1. The van der Waals surface area contributed by atoms with Crippen molar-refractivity contribution in [3.63, 3.8) is 0 Å². The van der Waals surface area contributed by atoms with E-state index in [0.717, 1.165) is 35.1 Å². The van der Waals surface area contributed by atoms with Crippen LogP contribution in [-0.4, -0.2) is 23.0 Å². The lowest BCUT2D eigenvalue weighted by Crippen LogP contribution is -2.38. The number of hydrogen-bond donors (Lipinski definition) is 3. The molecule has 110 valence electrons. The highest BCUT2D eigenvalue weighted by molar-refractivity contribution is 5.95. The number of nitrogens with two attached hydrogens (primary N) is 1. The molecule has 0 bridgehead atoms. The molecule has 1 unspecified atom stereocenters. The van der Waals surface area contributed by atoms with E-state index in [1.807, 2.05) is 38.1 Å². The highest BCUT2D eigenvalue weighted by Gasteiger charge is 2.25. The number of carbonyl (C=O) groups excluding carboxylic acids is 1. The average molecular weight is 284 g/mol. The molecule has 1 heterocycles. The zero-order chi connectivity index (χ0) is 15.0. The van der Waals surface area contributed by atoms with Crippen LogP contribution in [0.3, 0.4) is 0 Å². The van der Waals surface area contributed by atoms with Crippen LogP contribution in [0.15, 0.2) is 24.3 Å². The van der Waals surface area contributed by atoms with Gasteiger partial charge in [-0.2, -0.15) is 0 Å². The van der Waals surface area contributed by atoms with E-state index in [1.54, 1.807) is 0 Å². The van der Waals surface area contributed by atoms with Crippen molar-refractivity contribution < 1.29 is 4.79 Å². The Morgan fingerprint density at radius 3 is 2.86 bits per heavy atom. The van der Waals surface area contributed by atoms with Gasteiger partial charge in [-0.05, 0) is 51.0 Å². The largest absolute Gasteiger partial charge is 0.399 e. The average Bonchev–Trinajstić information content (AvgIpc) is 3.23. The molecule has 1 aliphatic carbocycles. The minimum Gasteiger partial charge on any atom is -0.399 e. The number of aromatic nitrogens is 1. The second-order valence-corrected chi connectivity index (χ2v) is 5.74. The highest BCUT2D eigenvalue weighted by Crippen LogP contribution is 2.26. The number of nitrogen functional groups attached to an aromatic ring is 1. The van der Waals surface area contributed by atoms with E-state index >= 15 is 0 Å². The quantitative estimate of drug-likeness (QED) is 0.752. The summed E-state index contributed by atoms with van der Waals surface area (Å²) in [5.74, 6) is 0.0315. The Kier molecular flexibility index (Phi) is 3.41. The van der Waals surface area contributed by atoms with Gasteiger partial charge in [0, 0.05) is 28.5 Å². The van der Waals surface area contributed by atoms with Crippen LogP contribution in [0.25, 0.3) is 10.9 Å². The molecular weight excluding hydrogens is 264 g/mol. The van der Waals surface area contributed by atoms with E-state index in [-0.39, 0.29) is 11.9 Å². The Morgan fingerprint density at radius 2 is 2.14 bits per heavy atom. The maximum absolute atomic E-state index is 12.1. The molecule has 1 aromatic heterocycles. The lowest BCUT2D eigenvalue weighted by molar-refractivity contribution is -0.121. The molecule has 5 heteroatoms. The fraction of sp³-hybridized carbons (Fsp3) is 0.375. The number of amides is 1. The Labute approximate surface area is 123 Å². The van der Waals surface area contributed by atoms with Crippen LogP contribution in [0.2, 0.25) is 0 Å². The summed E-state index contributed by atoms with van der Waals surface area (Å²) in [6.07, 6.45) is 2.18. The molecule has 0 spiro atoms. The van der Waals surface area contributed by atoms with Crippen molar-refractivity contribution in [2.75, 3.05) is 11.1 Å². The normalized spacial score (nSPS) is 15.7. The molecule has 0 saturated heterocycles. The van der Waals surface area contributed by atoms with Gasteiger partial charge in [0.05, 0.1) is 5.52 Å². The van der Waals surface area contributed by atoms with E-state index in [9.17, 15) is 4.79 Å². The molecule has 5 nitrogen and oxygen atoms in total. The van der Waals surface area contributed by atoms with Gasteiger partial charge in [0.2, 0.25) is 5.91 Å². The predicted molar refractivity (Wildman–Crippen MR) is 85.1 cm³/mol. The second-order valence-electron chi connectivity index (χ2n) is 5.74. The minimum absolute atomic E-state index is 0.0315. The number of hydrogen-bond acceptors (Lipinski definition) is 4. The van der Waals surface area contributed by atoms with Gasteiger partial charge in [-0.1, -0.05) is 0 Å². The van der Waals surface area contributed by atoms with Crippen molar-refractivity contribution >= 4 is 28.2 Å². The highest BCUT2D eigenvalue weighted by atomic mass is 16.2. The Bertz CT molecular complexity index is 694. The van der Waals surface area contributed by atoms with Crippen LogP contribution in [0.1, 0.15) is 25.5 Å². The predicted octanol–water partition coefficient (Wildman–Crippen LogP) is 2.20. The number of aryl methyl sites for hydroxylation is 1. The minimum atomic E-state index is -0.294. The number of carbonyl (C=O) groups is 1. The summed E-state index contributed by atoms with van der Waals surface area (Å²) in [5, 5.41) is 7.22. The monoisotopic (exact) mass is 284 g/mol. The van der Waals surface area contributed by atoms with Gasteiger partial charge in [0.25, 0.3) is 0 Å². The molecular formula is C16H20N4O. The third-order valence-corrected chi connectivity index (χ3v) is 3.65. The summed E-state index contributed by atoms with van der Waals surface area (Å²) in [6, 6.07) is 7.64. The van der Waals surface area contributed by atoms with Crippen molar-refractivity contribution in [3.8, 4) is 0 Å². The van der Waals surface area contributed by atoms with Gasteiger partial charge < -0.3 is 16.4 Å². The molecule has 1 amide bonds. The fourth-order valence-electron chi connectivity index (χ4n) is 2.35. The van der Waals surface area contributed by atoms with Crippen molar-refractivity contribution in [3.05, 3.63) is 30.0 Å². The van der Waals surface area contributed by atoms with E-state index in [2.05, 4.69) is 15.6 Å². The van der Waals surface area contributed by atoms with Crippen LogP contribution >= 0.6 is 0 Å². The lowest BCUT2D eigenvalue weighted by Gasteiger charge is -2.17. The number of fused-ring (bicyclic) bond motifs is 1. The summed E-state index contributed by atoms with van der Waals surface area (Å²) in [7, 11) is 0. The van der Waals surface area contributed by atoms with Crippen molar-refractivity contribution in [1.82, 2.24) is 10.3 Å². The second kappa shape index (κ2) is 5.24. The number of anilines is 2. The molecule has 1 atom stereocenters. The Balaban J connectivity index is 1.87. The first-order chi connectivity index (χ1) is 10.0. The van der Waals surface area contributed by atoms with E-state index in [1.165, 1.54) is 0 Å². The fourth-order valence-corrected chi connectivity index (χ4v) is 2.35. The van der Waals surface area contributed by atoms with Crippen LogP contribution in [-0.2, 0) is 4.79 Å². The van der Waals surface area contributed by atoms with E-state index in [4.69, 9.17) is 5.73 Å². The maximum Gasteiger partial charge on any atom is 0.242 e. The zero-order valence-electron chi connectivity index (χ0n) is 12.3. The molecule has 0 radical (unpaired) electrons. The van der Waals surface area contributed by atoms with Gasteiger partial charge in [-0.3, -0.25) is 9.78 Å². The van der Waals surface area contributed by atoms with Crippen LogP contribution in [0, 0.1) is 6.92 Å². The summed E-state index contributed by atoms with van der Waals surface area (Å²) in [4.78, 5) is 16.6. The van der Waals surface area contributed by atoms with Crippen LogP contribution in [0.5, 0.6) is 0 Å². The summed E-state index contributed by atoms with van der Waals surface area (Å²) in [5.41, 5.74) is 9.22. The van der Waals surface area contributed by atoms with Crippen molar-refractivity contribution in [1.29, 1.82) is 0 Å². The van der Waals surface area contributed by atoms with Gasteiger partial charge in [-0.15, -0.1) is 0 Å². The summed E-state index contributed by atoms with van der Waals surface area (Å²) < 4.78 is 0. The Morgan fingerprint density at radius 1 is 1.38 bits per heavy atom. The third-order valence-electron chi connectivity index (χ3n) is 3.65. The van der Waals surface area contributed by atoms with Gasteiger partial charge in [-0.25, -0.2) is 0 Å². The van der Waals surface area contributed by atoms with Crippen molar-refractivity contribution in [2.45, 2.75) is 38.8 Å². The molecule has 21 heavy (non-hydrogen) atoms. The molecule has 4 N–H and O–H groups in total. The molecule has 1 aromatic carbocycles. The third kappa shape index (κ3) is 3.07. The number of nitrogens with zero attached hydrogens (tertiary/aromatic N) is 1. The summed E-state index contributed by atoms with van der Waals surface area (Å²) in [6.45, 7) is 3.81. The number of rotatable bonds is 4. The van der Waals surface area contributed by atoms with Gasteiger partial charge in [0.1, 0.15) is 6.04 Å². The summed E-state index contributed by atoms with van der Waals surface area (Å²) >= 11 is 0. The number of pyridine rings is 1. The zero-order valence-corrected chi connectivity index (χ0v) is 12.3. The molecule has 3 rings (SSSR count). The first kappa shape index (κ1) is 13.7. The van der Waals surface area contributed by atoms with Gasteiger partial charge in [0.15, 0.2) is 0 Å². The maximum atomic E-state index is 12.1. The van der Waals surface area contributed by atoms with Crippen LogP contribution < -0.4 is 16.4 Å². The molecule has 1 aliphatic rings. The number of nitrogens with one attached hydrogen (secondary N) is 2. The SMILES string of the molecule is Cc1cc(NC(C)C(=O)NC2CC2)c2cc(N)ccc2n1. The molecule has 0 aliphatic heterocycles.